The van der Waals surface area contributed by atoms with E-state index in [0.29, 0.717) is 11.3 Å². The van der Waals surface area contributed by atoms with E-state index in [1.165, 1.54) is 11.6 Å². The molecule has 3 aromatic carbocycles. The van der Waals surface area contributed by atoms with Gasteiger partial charge < -0.3 is 15.3 Å². The summed E-state index contributed by atoms with van der Waals surface area (Å²) in [5.41, 5.74) is 1.93. The molecule has 0 saturated heterocycles. The van der Waals surface area contributed by atoms with E-state index in [4.69, 9.17) is 10.2 Å². The molecule has 0 aliphatic heterocycles. The Kier molecular flexibility index (Phi) is 6.47. The zero-order valence-electron chi connectivity index (χ0n) is 13.2. The molecule has 122 valence electrons. The third kappa shape index (κ3) is 5.89. The van der Waals surface area contributed by atoms with Crippen molar-refractivity contribution < 1.29 is 15.3 Å². The number of allylic oxidation sites excluding steroid dienone is 1. The Balaban J connectivity index is 0.000000249. The third-order valence-corrected chi connectivity index (χ3v) is 3.26. The standard InChI is InChI=1S/C15H14O2.C6H6O/c16-14-10-9-13(15(17)11-14)8-4-7-12-5-2-1-3-6-12;7-6-4-2-1-3-5-6/h1-6,8-11,16-17H,7H2;1-5,7H. The molecular formula is C21H20O3. The molecule has 0 radical (unpaired) electrons. The number of para-hydroxylation sites is 1. The van der Waals surface area contributed by atoms with Crippen molar-refractivity contribution in [3.05, 3.63) is 96.1 Å². The molecule has 0 aromatic heterocycles. The zero-order chi connectivity index (χ0) is 17.2. The van der Waals surface area contributed by atoms with E-state index in [2.05, 4.69) is 12.1 Å². The first-order chi connectivity index (χ1) is 11.6. The van der Waals surface area contributed by atoms with E-state index in [0.717, 1.165) is 6.42 Å². The molecule has 0 atom stereocenters. The topological polar surface area (TPSA) is 60.7 Å². The summed E-state index contributed by atoms with van der Waals surface area (Å²) in [5, 5.41) is 27.4. The van der Waals surface area contributed by atoms with Crippen LogP contribution in [0, 0.1) is 0 Å². The summed E-state index contributed by atoms with van der Waals surface area (Å²) in [5.74, 6) is 0.486. The minimum atomic E-state index is 0.0720. The van der Waals surface area contributed by atoms with Crippen LogP contribution in [0.3, 0.4) is 0 Å². The highest BCUT2D eigenvalue weighted by molar-refractivity contribution is 5.58. The molecule has 0 bridgehead atoms. The summed E-state index contributed by atoms with van der Waals surface area (Å²) in [7, 11) is 0. The molecule has 0 aliphatic carbocycles. The van der Waals surface area contributed by atoms with Crippen molar-refractivity contribution in [2.24, 2.45) is 0 Å². The second kappa shape index (κ2) is 9.06. The Labute approximate surface area is 141 Å². The molecule has 0 heterocycles. The number of hydrogen-bond donors (Lipinski definition) is 3. The minimum Gasteiger partial charge on any atom is -0.508 e. The van der Waals surface area contributed by atoms with Gasteiger partial charge in [0.05, 0.1) is 0 Å². The molecule has 0 fully saturated rings. The normalized spacial score (nSPS) is 10.2. The summed E-state index contributed by atoms with van der Waals surface area (Å²) in [6.07, 6.45) is 4.66. The first kappa shape index (κ1) is 17.2. The summed E-state index contributed by atoms with van der Waals surface area (Å²) >= 11 is 0. The fourth-order valence-corrected chi connectivity index (χ4v) is 2.04. The molecular weight excluding hydrogens is 300 g/mol. The zero-order valence-corrected chi connectivity index (χ0v) is 13.2. The van der Waals surface area contributed by atoms with Gasteiger partial charge in [-0.05, 0) is 36.2 Å². The lowest BCUT2D eigenvalue weighted by Gasteiger charge is -1.99. The highest BCUT2D eigenvalue weighted by Gasteiger charge is 1.97. The van der Waals surface area contributed by atoms with E-state index >= 15 is 0 Å². The monoisotopic (exact) mass is 320 g/mol. The molecule has 24 heavy (non-hydrogen) atoms. The van der Waals surface area contributed by atoms with E-state index in [1.54, 1.807) is 36.4 Å². The molecule has 0 spiro atoms. The Morgan fingerprint density at radius 3 is 1.83 bits per heavy atom. The van der Waals surface area contributed by atoms with Crippen LogP contribution in [0.25, 0.3) is 6.08 Å². The van der Waals surface area contributed by atoms with Crippen molar-refractivity contribution in [1.29, 1.82) is 0 Å². The van der Waals surface area contributed by atoms with Crippen molar-refractivity contribution in [1.82, 2.24) is 0 Å². The highest BCUT2D eigenvalue weighted by atomic mass is 16.3. The van der Waals surface area contributed by atoms with Crippen LogP contribution in [-0.2, 0) is 6.42 Å². The molecule has 3 heteroatoms. The van der Waals surface area contributed by atoms with Gasteiger partial charge in [0.15, 0.2) is 0 Å². The van der Waals surface area contributed by atoms with Crippen molar-refractivity contribution in [2.45, 2.75) is 6.42 Å². The van der Waals surface area contributed by atoms with Gasteiger partial charge in [0, 0.05) is 11.6 Å². The maximum Gasteiger partial charge on any atom is 0.126 e. The van der Waals surface area contributed by atoms with Gasteiger partial charge in [-0.15, -0.1) is 0 Å². The van der Waals surface area contributed by atoms with Gasteiger partial charge in [-0.25, -0.2) is 0 Å². The lowest BCUT2D eigenvalue weighted by atomic mass is 10.1. The van der Waals surface area contributed by atoms with E-state index in [-0.39, 0.29) is 11.5 Å². The second-order valence-electron chi connectivity index (χ2n) is 5.17. The average molecular weight is 320 g/mol. The van der Waals surface area contributed by atoms with E-state index < -0.39 is 0 Å². The fraction of sp³-hybridized carbons (Fsp3) is 0.0476. The van der Waals surface area contributed by atoms with Crippen LogP contribution in [0.5, 0.6) is 17.2 Å². The molecule has 0 unspecified atom stereocenters. The highest BCUT2D eigenvalue weighted by Crippen LogP contribution is 2.23. The Morgan fingerprint density at radius 1 is 0.667 bits per heavy atom. The van der Waals surface area contributed by atoms with Crippen molar-refractivity contribution >= 4 is 6.08 Å². The fourth-order valence-electron chi connectivity index (χ4n) is 2.04. The average Bonchev–Trinajstić information content (AvgIpc) is 2.59. The molecule has 3 nitrogen and oxygen atoms in total. The summed E-state index contributed by atoms with van der Waals surface area (Å²) in [6.45, 7) is 0. The van der Waals surface area contributed by atoms with Crippen LogP contribution < -0.4 is 0 Å². The number of rotatable bonds is 3. The van der Waals surface area contributed by atoms with Crippen LogP contribution in [-0.4, -0.2) is 15.3 Å². The van der Waals surface area contributed by atoms with Crippen molar-refractivity contribution in [3.8, 4) is 17.2 Å². The largest absolute Gasteiger partial charge is 0.508 e. The third-order valence-electron chi connectivity index (χ3n) is 3.26. The number of phenols is 3. The van der Waals surface area contributed by atoms with Crippen LogP contribution in [0.15, 0.2) is 84.9 Å². The lowest BCUT2D eigenvalue weighted by Crippen LogP contribution is -1.79. The summed E-state index contributed by atoms with van der Waals surface area (Å²) < 4.78 is 0. The molecule has 0 saturated carbocycles. The summed E-state index contributed by atoms with van der Waals surface area (Å²) in [6, 6.07) is 23.4. The maximum atomic E-state index is 9.58. The van der Waals surface area contributed by atoms with Crippen molar-refractivity contribution in [2.75, 3.05) is 0 Å². The van der Waals surface area contributed by atoms with Gasteiger partial charge in [-0.3, -0.25) is 0 Å². The smallest absolute Gasteiger partial charge is 0.126 e. The summed E-state index contributed by atoms with van der Waals surface area (Å²) in [4.78, 5) is 0. The molecule has 3 aromatic rings. The van der Waals surface area contributed by atoms with Gasteiger partial charge in [0.1, 0.15) is 17.2 Å². The van der Waals surface area contributed by atoms with Crippen LogP contribution in [0.4, 0.5) is 0 Å². The van der Waals surface area contributed by atoms with Gasteiger partial charge in [-0.1, -0.05) is 60.7 Å². The molecule has 0 amide bonds. The van der Waals surface area contributed by atoms with Crippen LogP contribution in [0.2, 0.25) is 0 Å². The number of phenolic OH excluding ortho intramolecular Hbond substituents is 3. The van der Waals surface area contributed by atoms with Crippen molar-refractivity contribution in [3.63, 3.8) is 0 Å². The predicted molar refractivity (Wildman–Crippen MR) is 97.1 cm³/mol. The Morgan fingerprint density at radius 2 is 1.29 bits per heavy atom. The molecule has 3 rings (SSSR count). The second-order valence-corrected chi connectivity index (χ2v) is 5.17. The first-order valence-corrected chi connectivity index (χ1v) is 7.61. The van der Waals surface area contributed by atoms with Crippen LogP contribution in [0.1, 0.15) is 11.1 Å². The number of aromatic hydroxyl groups is 3. The molecule has 0 aliphatic rings. The number of hydrogen-bond acceptors (Lipinski definition) is 3. The maximum absolute atomic E-state index is 9.58. The van der Waals surface area contributed by atoms with Gasteiger partial charge in [0.2, 0.25) is 0 Å². The minimum absolute atomic E-state index is 0.0720. The van der Waals surface area contributed by atoms with Gasteiger partial charge >= 0.3 is 0 Å². The van der Waals surface area contributed by atoms with Gasteiger partial charge in [0.25, 0.3) is 0 Å². The number of benzene rings is 3. The first-order valence-electron chi connectivity index (χ1n) is 7.61. The van der Waals surface area contributed by atoms with E-state index in [1.807, 2.05) is 36.4 Å². The lowest BCUT2D eigenvalue weighted by molar-refractivity contribution is 0.450. The van der Waals surface area contributed by atoms with Crippen LogP contribution >= 0.6 is 0 Å². The predicted octanol–water partition coefficient (Wildman–Crippen LogP) is 4.75. The quantitative estimate of drug-likeness (QED) is 0.653. The van der Waals surface area contributed by atoms with E-state index in [9.17, 15) is 5.11 Å². The Bertz CT molecular complexity index is 766. The SMILES string of the molecule is Oc1ccc(C=CCc2ccccc2)c(O)c1.Oc1ccccc1. The van der Waals surface area contributed by atoms with Gasteiger partial charge in [-0.2, -0.15) is 0 Å². The molecule has 3 N–H and O–H groups in total. The Hall–Kier alpha value is -3.20.